The predicted octanol–water partition coefficient (Wildman–Crippen LogP) is 3.65. The number of ether oxygens (including phenoxy) is 2. The molecule has 0 aliphatic heterocycles. The molecular formula is C23H21N5O4. The van der Waals surface area contributed by atoms with Crippen molar-refractivity contribution in [1.82, 2.24) is 19.9 Å². The molecule has 0 unspecified atom stereocenters. The molecule has 9 nitrogen and oxygen atoms in total. The second-order valence-electron chi connectivity index (χ2n) is 6.90. The summed E-state index contributed by atoms with van der Waals surface area (Å²) in [6.45, 7) is 0. The van der Waals surface area contributed by atoms with E-state index in [2.05, 4.69) is 20.6 Å². The number of carbonyl (C=O) groups is 2. The molecule has 0 fully saturated rings. The van der Waals surface area contributed by atoms with Gasteiger partial charge in [0.1, 0.15) is 17.2 Å². The highest BCUT2D eigenvalue weighted by atomic mass is 16.5. The quantitative estimate of drug-likeness (QED) is 0.449. The lowest BCUT2D eigenvalue weighted by Gasteiger charge is -2.07. The third-order valence-corrected chi connectivity index (χ3v) is 4.84. The van der Waals surface area contributed by atoms with Gasteiger partial charge in [0.25, 0.3) is 5.91 Å². The topological polar surface area (TPSA) is 107 Å². The Labute approximate surface area is 184 Å². The summed E-state index contributed by atoms with van der Waals surface area (Å²) in [5.41, 5.74) is 3.17. The van der Waals surface area contributed by atoms with Crippen LogP contribution in [0, 0.1) is 0 Å². The molecule has 0 aliphatic rings. The molecule has 2 aromatic carbocycles. The van der Waals surface area contributed by atoms with E-state index < -0.39 is 0 Å². The lowest BCUT2D eigenvalue weighted by molar-refractivity contribution is 0.0600. The van der Waals surface area contributed by atoms with E-state index in [-0.39, 0.29) is 17.6 Å². The molecule has 0 spiro atoms. The second-order valence-corrected chi connectivity index (χ2v) is 6.90. The maximum absolute atomic E-state index is 11.8. The molecule has 4 rings (SSSR count). The van der Waals surface area contributed by atoms with Gasteiger partial charge >= 0.3 is 5.97 Å². The Morgan fingerprint density at radius 3 is 2.47 bits per heavy atom. The minimum Gasteiger partial charge on any atom is -0.465 e. The lowest BCUT2D eigenvalue weighted by atomic mass is 10.2. The van der Waals surface area contributed by atoms with Gasteiger partial charge in [-0.15, -0.1) is 0 Å². The Bertz CT molecular complexity index is 1300. The molecule has 2 aromatic heterocycles. The van der Waals surface area contributed by atoms with Gasteiger partial charge in [-0.25, -0.2) is 9.78 Å². The van der Waals surface area contributed by atoms with Crippen LogP contribution in [0.3, 0.4) is 0 Å². The zero-order chi connectivity index (χ0) is 22.7. The molecule has 0 radical (unpaired) electrons. The van der Waals surface area contributed by atoms with Crippen LogP contribution in [0.5, 0.6) is 11.5 Å². The smallest absolute Gasteiger partial charge is 0.337 e. The lowest BCUT2D eigenvalue weighted by Crippen LogP contribution is -2.18. The number of methoxy groups -OCH3 is 1. The highest BCUT2D eigenvalue weighted by Crippen LogP contribution is 2.28. The largest absolute Gasteiger partial charge is 0.465 e. The Hall–Kier alpha value is -4.40. The van der Waals surface area contributed by atoms with Crippen molar-refractivity contribution in [2.75, 3.05) is 19.5 Å². The number of aryl methyl sites for hydroxylation is 1. The molecule has 0 atom stereocenters. The number of fused-ring (bicyclic) bond motifs is 1. The summed E-state index contributed by atoms with van der Waals surface area (Å²) >= 11 is 0. The first kappa shape index (κ1) is 20.9. The van der Waals surface area contributed by atoms with Gasteiger partial charge in [-0.2, -0.15) is 0 Å². The summed E-state index contributed by atoms with van der Waals surface area (Å²) in [6.07, 6.45) is 1.52. The van der Waals surface area contributed by atoms with Crippen molar-refractivity contribution in [3.63, 3.8) is 0 Å². The van der Waals surface area contributed by atoms with Gasteiger partial charge < -0.3 is 24.7 Å². The van der Waals surface area contributed by atoms with Crippen LogP contribution in [-0.2, 0) is 11.8 Å². The van der Waals surface area contributed by atoms with Crippen LogP contribution in [0.25, 0.3) is 11.0 Å². The third kappa shape index (κ3) is 4.22. The van der Waals surface area contributed by atoms with Crippen molar-refractivity contribution in [2.24, 2.45) is 7.05 Å². The molecule has 0 aliphatic carbocycles. The number of rotatable bonds is 6. The van der Waals surface area contributed by atoms with Gasteiger partial charge in [0.2, 0.25) is 5.95 Å². The first-order chi connectivity index (χ1) is 15.5. The van der Waals surface area contributed by atoms with E-state index in [1.807, 2.05) is 29.8 Å². The fourth-order valence-electron chi connectivity index (χ4n) is 3.15. The number of nitrogens with one attached hydrogen (secondary N) is 2. The summed E-state index contributed by atoms with van der Waals surface area (Å²) < 4.78 is 12.5. The normalized spacial score (nSPS) is 10.6. The van der Waals surface area contributed by atoms with Crippen molar-refractivity contribution >= 4 is 34.5 Å². The highest BCUT2D eigenvalue weighted by molar-refractivity contribution is 5.92. The van der Waals surface area contributed by atoms with Crippen LogP contribution in [0.4, 0.5) is 11.6 Å². The average Bonchev–Trinajstić information content (AvgIpc) is 3.13. The van der Waals surface area contributed by atoms with Gasteiger partial charge in [0.15, 0.2) is 0 Å². The van der Waals surface area contributed by atoms with Gasteiger partial charge in [-0.1, -0.05) is 0 Å². The fourth-order valence-corrected chi connectivity index (χ4v) is 3.15. The number of aromatic nitrogens is 3. The van der Waals surface area contributed by atoms with Crippen LogP contribution in [0.2, 0.25) is 0 Å². The molecule has 1 amide bonds. The average molecular weight is 431 g/mol. The molecule has 4 aromatic rings. The number of hydrogen-bond donors (Lipinski definition) is 2. The summed E-state index contributed by atoms with van der Waals surface area (Å²) in [6, 6.07) is 15.8. The minimum atomic E-state index is -0.386. The van der Waals surface area contributed by atoms with Crippen LogP contribution in [-0.4, -0.2) is 40.6 Å². The first-order valence-electron chi connectivity index (χ1n) is 9.76. The van der Waals surface area contributed by atoms with E-state index in [0.717, 1.165) is 16.7 Å². The SMILES string of the molecule is CNC(=O)c1cc(Oc2ccc3c(c2)nc(Nc2ccc(C(=O)OC)cc2)n3C)ccn1. The highest BCUT2D eigenvalue weighted by Gasteiger charge is 2.12. The monoisotopic (exact) mass is 431 g/mol. The van der Waals surface area contributed by atoms with E-state index in [1.54, 1.807) is 43.4 Å². The molecule has 32 heavy (non-hydrogen) atoms. The van der Waals surface area contributed by atoms with Crippen LogP contribution in [0.15, 0.2) is 60.8 Å². The Morgan fingerprint density at radius 1 is 1.00 bits per heavy atom. The number of nitrogens with zero attached hydrogens (tertiary/aromatic N) is 3. The van der Waals surface area contributed by atoms with Crippen molar-refractivity contribution in [2.45, 2.75) is 0 Å². The van der Waals surface area contributed by atoms with Crippen LogP contribution in [0.1, 0.15) is 20.8 Å². The number of amides is 1. The number of hydrogen-bond acceptors (Lipinski definition) is 7. The first-order valence-corrected chi connectivity index (χ1v) is 9.76. The standard InChI is InChI=1S/C23H21N5O4/c1-24-21(29)19-13-17(10-11-25-19)32-16-8-9-20-18(12-16)27-23(28(20)2)26-15-6-4-14(5-7-15)22(30)31-3/h4-13H,1-3H3,(H,24,29)(H,26,27). The summed E-state index contributed by atoms with van der Waals surface area (Å²) in [5.74, 6) is 1.04. The molecule has 162 valence electrons. The molecule has 2 N–H and O–H groups in total. The Balaban J connectivity index is 1.56. The predicted molar refractivity (Wildman–Crippen MR) is 119 cm³/mol. The van der Waals surface area contributed by atoms with E-state index in [9.17, 15) is 9.59 Å². The molecule has 2 heterocycles. The van der Waals surface area contributed by atoms with Crippen molar-refractivity contribution in [3.8, 4) is 11.5 Å². The van der Waals surface area contributed by atoms with Crippen molar-refractivity contribution < 1.29 is 19.1 Å². The number of benzene rings is 2. The van der Waals surface area contributed by atoms with E-state index >= 15 is 0 Å². The van der Waals surface area contributed by atoms with Gasteiger partial charge in [0, 0.05) is 38.1 Å². The van der Waals surface area contributed by atoms with Crippen molar-refractivity contribution in [3.05, 3.63) is 72.1 Å². The molecule has 9 heteroatoms. The van der Waals surface area contributed by atoms with Crippen LogP contribution < -0.4 is 15.4 Å². The summed E-state index contributed by atoms with van der Waals surface area (Å²) in [4.78, 5) is 32.1. The minimum absolute atomic E-state index is 0.272. The maximum atomic E-state index is 11.8. The zero-order valence-corrected chi connectivity index (χ0v) is 17.7. The number of pyridine rings is 1. The van der Waals surface area contributed by atoms with E-state index in [4.69, 9.17) is 9.47 Å². The van der Waals surface area contributed by atoms with Crippen LogP contribution >= 0.6 is 0 Å². The molecule has 0 saturated heterocycles. The fraction of sp³-hybridized carbons (Fsp3) is 0.130. The van der Waals surface area contributed by atoms with E-state index in [1.165, 1.54) is 13.3 Å². The zero-order valence-electron chi connectivity index (χ0n) is 17.7. The number of imidazole rings is 1. The van der Waals surface area contributed by atoms with Gasteiger partial charge in [-0.05, 0) is 42.5 Å². The summed E-state index contributed by atoms with van der Waals surface area (Å²) in [7, 11) is 4.80. The Kier molecular flexibility index (Phi) is 5.71. The Morgan fingerprint density at radius 2 is 1.75 bits per heavy atom. The second kappa shape index (κ2) is 8.76. The third-order valence-electron chi connectivity index (χ3n) is 4.84. The molecule has 0 bridgehead atoms. The number of esters is 1. The number of carbonyl (C=O) groups excluding carboxylic acids is 2. The molecular weight excluding hydrogens is 410 g/mol. The van der Waals surface area contributed by atoms with E-state index in [0.29, 0.717) is 23.0 Å². The van der Waals surface area contributed by atoms with Gasteiger partial charge in [0.05, 0.1) is 23.7 Å². The van der Waals surface area contributed by atoms with Gasteiger partial charge in [-0.3, -0.25) is 9.78 Å². The summed E-state index contributed by atoms with van der Waals surface area (Å²) in [5, 5.41) is 5.78. The maximum Gasteiger partial charge on any atom is 0.337 e. The molecule has 0 saturated carbocycles. The van der Waals surface area contributed by atoms with Crippen molar-refractivity contribution in [1.29, 1.82) is 0 Å². The number of anilines is 2.